The van der Waals surface area contributed by atoms with Gasteiger partial charge in [0.25, 0.3) is 0 Å². The fraction of sp³-hybridized carbons (Fsp3) is 0.370. The summed E-state index contributed by atoms with van der Waals surface area (Å²) in [6.45, 7) is 4.88. The van der Waals surface area contributed by atoms with Gasteiger partial charge in [0.05, 0.1) is 35.9 Å². The van der Waals surface area contributed by atoms with Gasteiger partial charge in [-0.1, -0.05) is 41.0 Å². The zero-order valence-corrected chi connectivity index (χ0v) is 23.5. The summed E-state index contributed by atoms with van der Waals surface area (Å²) in [5.41, 5.74) is 3.47. The van der Waals surface area contributed by atoms with Crippen molar-refractivity contribution in [2.45, 2.75) is 18.4 Å². The molecular weight excluding hydrogens is 559 g/mol. The fourth-order valence-corrected chi connectivity index (χ4v) is 5.86. The minimum Gasteiger partial charge on any atom is -0.491 e. The van der Waals surface area contributed by atoms with Gasteiger partial charge in [-0.2, -0.15) is 10.3 Å². The van der Waals surface area contributed by atoms with Gasteiger partial charge in [0.15, 0.2) is 0 Å². The highest BCUT2D eigenvalue weighted by Crippen LogP contribution is 2.40. The molecule has 0 N–H and O–H groups in total. The first-order valence-corrected chi connectivity index (χ1v) is 14.3. The van der Waals surface area contributed by atoms with Crippen LogP contribution in [0.4, 0.5) is 5.69 Å². The number of hydrogen-bond acceptors (Lipinski definition) is 9. The van der Waals surface area contributed by atoms with E-state index in [0.717, 1.165) is 43.5 Å². The molecule has 0 saturated carbocycles. The second-order valence-electron chi connectivity index (χ2n) is 9.20. The van der Waals surface area contributed by atoms with Crippen LogP contribution in [-0.2, 0) is 21.8 Å². The van der Waals surface area contributed by atoms with Crippen LogP contribution in [0.2, 0.25) is 10.0 Å². The van der Waals surface area contributed by atoms with E-state index < -0.39 is 5.79 Å². The van der Waals surface area contributed by atoms with E-state index in [1.165, 1.54) is 0 Å². The standard InChI is InChI=1S/C27H28Cl2N6O3S/c28-21-1-6-25(26(29)13-21)27(16-34-8-7-31-18-34)37-15-24(38-27)14-36-23-4-2-22(3-5-23)35-11-9-33(10-12-35)20-39-19-32-17-30/h1-8,13,18-19,24H,9-12,14-16,20H2/b32-19+. The predicted molar refractivity (Wildman–Crippen MR) is 153 cm³/mol. The molecule has 2 saturated heterocycles. The van der Waals surface area contributed by atoms with Crippen molar-refractivity contribution in [2.75, 3.05) is 50.2 Å². The van der Waals surface area contributed by atoms with Crippen LogP contribution in [0.1, 0.15) is 5.56 Å². The number of piperazine rings is 1. The van der Waals surface area contributed by atoms with Gasteiger partial charge >= 0.3 is 0 Å². The highest BCUT2D eigenvalue weighted by atomic mass is 35.5. The van der Waals surface area contributed by atoms with Crippen LogP contribution < -0.4 is 9.64 Å². The Morgan fingerprint density at radius 2 is 2.00 bits per heavy atom. The molecule has 0 radical (unpaired) electrons. The molecule has 3 heterocycles. The van der Waals surface area contributed by atoms with E-state index >= 15 is 0 Å². The SMILES string of the molecule is N#C/N=C/SCN1CCN(c2ccc(OCC3COC(Cn4ccnc4)(c4ccc(Cl)cc4Cl)O3)cc2)CC1. The molecule has 0 aliphatic carbocycles. The quantitative estimate of drug-likeness (QED) is 0.189. The van der Waals surface area contributed by atoms with Crippen LogP contribution in [0, 0.1) is 11.5 Å². The maximum atomic E-state index is 8.48. The Kier molecular flexibility index (Phi) is 9.29. The highest BCUT2D eigenvalue weighted by Gasteiger charge is 2.45. The van der Waals surface area contributed by atoms with Crippen molar-refractivity contribution in [3.8, 4) is 11.9 Å². The lowest BCUT2D eigenvalue weighted by atomic mass is 10.1. The Morgan fingerprint density at radius 3 is 2.72 bits per heavy atom. The molecule has 5 rings (SSSR count). The van der Waals surface area contributed by atoms with E-state index in [1.807, 2.05) is 29.0 Å². The van der Waals surface area contributed by atoms with E-state index in [1.54, 1.807) is 48.2 Å². The summed E-state index contributed by atoms with van der Waals surface area (Å²) in [5.74, 6) is 0.529. The number of nitrogens with zero attached hydrogens (tertiary/aromatic N) is 6. The monoisotopic (exact) mass is 586 g/mol. The number of imidazole rings is 1. The molecule has 2 unspecified atom stereocenters. The number of aliphatic imine (C=N–C) groups is 1. The van der Waals surface area contributed by atoms with Crippen LogP contribution in [-0.4, -0.2) is 71.4 Å². The number of aromatic nitrogens is 2. The van der Waals surface area contributed by atoms with Gasteiger partial charge in [0.1, 0.15) is 18.5 Å². The lowest BCUT2D eigenvalue weighted by molar-refractivity contribution is -0.189. The molecule has 0 bridgehead atoms. The third-order valence-electron chi connectivity index (χ3n) is 6.60. The molecule has 9 nitrogen and oxygen atoms in total. The van der Waals surface area contributed by atoms with Gasteiger partial charge in [-0.05, 0) is 36.4 Å². The van der Waals surface area contributed by atoms with Gasteiger partial charge < -0.3 is 23.7 Å². The Balaban J connectivity index is 1.15. The van der Waals surface area contributed by atoms with Crippen molar-refractivity contribution in [2.24, 2.45) is 4.99 Å². The molecule has 0 amide bonds. The van der Waals surface area contributed by atoms with Crippen molar-refractivity contribution in [3.05, 3.63) is 76.8 Å². The number of thioether (sulfide) groups is 1. The van der Waals surface area contributed by atoms with Crippen LogP contribution in [0.15, 0.2) is 66.2 Å². The van der Waals surface area contributed by atoms with Gasteiger partial charge in [-0.3, -0.25) is 4.90 Å². The largest absolute Gasteiger partial charge is 0.491 e. The van der Waals surface area contributed by atoms with Gasteiger partial charge in [0.2, 0.25) is 12.0 Å². The lowest BCUT2D eigenvalue weighted by Crippen LogP contribution is -2.46. The van der Waals surface area contributed by atoms with Gasteiger partial charge in [-0.15, -0.1) is 0 Å². The Bertz CT molecular complexity index is 1300. The molecule has 2 fully saturated rings. The van der Waals surface area contributed by atoms with Gasteiger partial charge in [-0.25, -0.2) is 4.98 Å². The van der Waals surface area contributed by atoms with Crippen molar-refractivity contribution in [3.63, 3.8) is 0 Å². The summed E-state index contributed by atoms with van der Waals surface area (Å²) in [4.78, 5) is 12.4. The van der Waals surface area contributed by atoms with Crippen molar-refractivity contribution in [1.29, 1.82) is 5.26 Å². The first-order valence-electron chi connectivity index (χ1n) is 12.5. The third kappa shape index (κ3) is 7.06. The molecule has 2 aliphatic rings. The van der Waals surface area contributed by atoms with E-state index in [-0.39, 0.29) is 6.10 Å². The Labute approximate surface area is 241 Å². The smallest absolute Gasteiger partial charge is 0.215 e. The number of nitriles is 1. The summed E-state index contributed by atoms with van der Waals surface area (Å²) in [5, 5.41) is 9.51. The normalized spacial score (nSPS) is 21.9. The fourth-order valence-electron chi connectivity index (χ4n) is 4.65. The Morgan fingerprint density at radius 1 is 1.18 bits per heavy atom. The number of hydrogen-bond donors (Lipinski definition) is 0. The maximum absolute atomic E-state index is 8.48. The summed E-state index contributed by atoms with van der Waals surface area (Å²) >= 11 is 14.2. The number of anilines is 1. The van der Waals surface area contributed by atoms with Gasteiger partial charge in [0, 0.05) is 54.8 Å². The highest BCUT2D eigenvalue weighted by molar-refractivity contribution is 8.12. The number of halogens is 2. The second kappa shape index (κ2) is 13.0. The number of ether oxygens (including phenoxy) is 3. The summed E-state index contributed by atoms with van der Waals surface area (Å²) < 4.78 is 20.7. The minimum absolute atomic E-state index is 0.288. The molecular formula is C27H28Cl2N6O3S. The minimum atomic E-state index is -1.08. The predicted octanol–water partition coefficient (Wildman–Crippen LogP) is 4.86. The summed E-state index contributed by atoms with van der Waals surface area (Å²) in [6, 6.07) is 13.5. The molecule has 12 heteroatoms. The number of benzene rings is 2. The van der Waals surface area contributed by atoms with Crippen LogP contribution >= 0.6 is 35.0 Å². The summed E-state index contributed by atoms with van der Waals surface area (Å²) in [7, 11) is 0. The second-order valence-corrected chi connectivity index (χ2v) is 10.8. The molecule has 2 aliphatic heterocycles. The van der Waals surface area contributed by atoms with Crippen LogP contribution in [0.5, 0.6) is 5.75 Å². The summed E-state index contributed by atoms with van der Waals surface area (Å²) in [6.07, 6.45) is 6.77. The third-order valence-corrected chi connectivity index (χ3v) is 7.92. The molecule has 3 aromatic rings. The first kappa shape index (κ1) is 27.8. The van der Waals surface area contributed by atoms with Crippen LogP contribution in [0.25, 0.3) is 0 Å². The Hall–Kier alpha value is -2.78. The zero-order chi connectivity index (χ0) is 27.1. The van der Waals surface area contributed by atoms with E-state index in [2.05, 4.69) is 31.9 Å². The van der Waals surface area contributed by atoms with Crippen molar-refractivity contribution >= 4 is 46.2 Å². The van der Waals surface area contributed by atoms with E-state index in [0.29, 0.717) is 35.4 Å². The van der Waals surface area contributed by atoms with Crippen molar-refractivity contribution < 1.29 is 14.2 Å². The van der Waals surface area contributed by atoms with Crippen LogP contribution in [0.3, 0.4) is 0 Å². The molecule has 1 aromatic heterocycles. The topological polar surface area (TPSA) is 88.1 Å². The molecule has 0 spiro atoms. The lowest BCUT2D eigenvalue weighted by Gasteiger charge is -2.35. The molecule has 2 aromatic carbocycles. The first-order chi connectivity index (χ1) is 19.0. The average Bonchev–Trinajstić information content (AvgIpc) is 3.61. The zero-order valence-electron chi connectivity index (χ0n) is 21.2. The molecule has 204 valence electrons. The molecule has 39 heavy (non-hydrogen) atoms. The van der Waals surface area contributed by atoms with E-state index in [4.69, 9.17) is 42.7 Å². The molecule has 2 atom stereocenters. The average molecular weight is 588 g/mol. The maximum Gasteiger partial charge on any atom is 0.215 e. The van der Waals surface area contributed by atoms with Crippen molar-refractivity contribution in [1.82, 2.24) is 14.5 Å². The number of rotatable bonds is 10. The van der Waals surface area contributed by atoms with E-state index in [9.17, 15) is 0 Å².